The number of hydrogen-bond acceptors (Lipinski definition) is 1. The first-order chi connectivity index (χ1) is 3.93. The second kappa shape index (κ2) is 3.39. The molecule has 0 amide bonds. The molecule has 0 spiro atoms. The van der Waals surface area contributed by atoms with Crippen LogP contribution in [0.2, 0.25) is 0 Å². The summed E-state index contributed by atoms with van der Waals surface area (Å²) >= 11 is 2.10. The van der Waals surface area contributed by atoms with Gasteiger partial charge in [-0.1, -0.05) is 19.8 Å². The van der Waals surface area contributed by atoms with Crippen LogP contribution < -0.4 is 0 Å². The molecule has 0 atom stereocenters. The Kier molecular flexibility index (Phi) is 2.74. The topological polar surface area (TPSA) is 0 Å². The van der Waals surface area contributed by atoms with Gasteiger partial charge in [0.15, 0.2) is 0 Å². The van der Waals surface area contributed by atoms with E-state index in [1.165, 1.54) is 30.8 Å². The van der Waals surface area contributed by atoms with E-state index in [2.05, 4.69) is 18.7 Å². The lowest BCUT2D eigenvalue weighted by molar-refractivity contribution is 0.544. The zero-order valence-corrected chi connectivity index (χ0v) is 6.34. The monoisotopic (exact) mass is 130 g/mol. The average Bonchev–Trinajstić information content (AvgIpc) is 1.63. The van der Waals surface area contributed by atoms with Crippen LogP contribution in [-0.2, 0) is 0 Å². The van der Waals surface area contributed by atoms with Crippen LogP contribution >= 0.6 is 11.8 Å². The lowest BCUT2D eigenvalue weighted by Crippen LogP contribution is -2.17. The van der Waals surface area contributed by atoms with Gasteiger partial charge in [-0.15, -0.1) is 0 Å². The molecule has 1 rings (SSSR count). The molecule has 8 heavy (non-hydrogen) atoms. The van der Waals surface area contributed by atoms with Crippen LogP contribution in [0.5, 0.6) is 0 Å². The third-order valence-corrected chi connectivity index (χ3v) is 3.09. The fourth-order valence-electron chi connectivity index (χ4n) is 0.944. The maximum Gasteiger partial charge on any atom is -0.00311 e. The number of rotatable bonds is 3. The Bertz CT molecular complexity index is 57.4. The Morgan fingerprint density at radius 1 is 1.50 bits per heavy atom. The highest BCUT2D eigenvalue weighted by Gasteiger charge is 2.16. The summed E-state index contributed by atoms with van der Waals surface area (Å²) in [6.45, 7) is 2.27. The lowest BCUT2D eigenvalue weighted by atomic mass is 10.1. The summed E-state index contributed by atoms with van der Waals surface area (Å²) in [4.78, 5) is 0. The Morgan fingerprint density at radius 2 is 2.25 bits per heavy atom. The molecule has 1 aliphatic rings. The summed E-state index contributed by atoms with van der Waals surface area (Å²) in [7, 11) is 0. The highest BCUT2D eigenvalue weighted by Crippen LogP contribution is 2.28. The molecule has 0 unspecified atom stereocenters. The third-order valence-electron chi connectivity index (χ3n) is 1.67. The summed E-state index contributed by atoms with van der Waals surface area (Å²) in [6, 6.07) is 0. The smallest absolute Gasteiger partial charge is 0.00311 e. The van der Waals surface area contributed by atoms with Crippen LogP contribution in [0, 0.1) is 5.92 Å². The van der Waals surface area contributed by atoms with Gasteiger partial charge in [0.25, 0.3) is 0 Å². The molecule has 0 aromatic rings. The van der Waals surface area contributed by atoms with Crippen LogP contribution in [-0.4, -0.2) is 11.5 Å². The predicted octanol–water partition coefficient (Wildman–Crippen LogP) is 2.54. The van der Waals surface area contributed by atoms with Gasteiger partial charge in [-0.25, -0.2) is 0 Å². The minimum Gasteiger partial charge on any atom is -0.161 e. The van der Waals surface area contributed by atoms with Crippen molar-refractivity contribution in [1.82, 2.24) is 0 Å². The largest absolute Gasteiger partial charge is 0.161 e. The molecule has 0 aromatic carbocycles. The minimum absolute atomic E-state index is 1.10. The molecule has 0 nitrogen and oxygen atoms in total. The van der Waals surface area contributed by atoms with Crippen molar-refractivity contribution in [3.63, 3.8) is 0 Å². The van der Waals surface area contributed by atoms with E-state index >= 15 is 0 Å². The second-order valence-corrected chi connectivity index (χ2v) is 3.62. The van der Waals surface area contributed by atoms with Gasteiger partial charge in [0, 0.05) is 0 Å². The van der Waals surface area contributed by atoms with Crippen molar-refractivity contribution in [3.8, 4) is 0 Å². The van der Waals surface area contributed by atoms with E-state index < -0.39 is 0 Å². The van der Waals surface area contributed by atoms with E-state index in [4.69, 9.17) is 0 Å². The predicted molar refractivity (Wildman–Crippen MR) is 40.3 cm³/mol. The van der Waals surface area contributed by atoms with Crippen molar-refractivity contribution in [2.45, 2.75) is 26.2 Å². The van der Waals surface area contributed by atoms with Crippen LogP contribution in [0.1, 0.15) is 26.2 Å². The summed E-state index contributed by atoms with van der Waals surface area (Å²) in [5.41, 5.74) is 0. The fourth-order valence-corrected chi connectivity index (χ4v) is 1.85. The van der Waals surface area contributed by atoms with Gasteiger partial charge in [0.1, 0.15) is 0 Å². The van der Waals surface area contributed by atoms with Crippen molar-refractivity contribution >= 4 is 11.8 Å². The lowest BCUT2D eigenvalue weighted by Gasteiger charge is -2.24. The number of hydrogen-bond donors (Lipinski definition) is 0. The highest BCUT2D eigenvalue weighted by atomic mass is 32.2. The summed E-state index contributed by atoms with van der Waals surface area (Å²) < 4.78 is 0. The van der Waals surface area contributed by atoms with Crippen molar-refractivity contribution in [1.29, 1.82) is 0 Å². The standard InChI is InChI=1S/C7H14S/c1-2-3-4-7-5-8-6-7/h7H,2-6H2,1H3. The van der Waals surface area contributed by atoms with Crippen LogP contribution in [0.15, 0.2) is 0 Å². The van der Waals surface area contributed by atoms with Crippen LogP contribution in [0.25, 0.3) is 0 Å². The summed E-state index contributed by atoms with van der Waals surface area (Å²) in [5, 5.41) is 0. The van der Waals surface area contributed by atoms with Crippen LogP contribution in [0.4, 0.5) is 0 Å². The molecule has 1 heteroatoms. The van der Waals surface area contributed by atoms with E-state index in [1.54, 1.807) is 0 Å². The van der Waals surface area contributed by atoms with Crippen molar-refractivity contribution in [2.24, 2.45) is 5.92 Å². The number of unbranched alkanes of at least 4 members (excludes halogenated alkanes) is 1. The molecule has 0 radical (unpaired) electrons. The Hall–Kier alpha value is 0.350. The van der Waals surface area contributed by atoms with Gasteiger partial charge in [-0.3, -0.25) is 0 Å². The van der Waals surface area contributed by atoms with E-state index in [9.17, 15) is 0 Å². The van der Waals surface area contributed by atoms with E-state index in [0.717, 1.165) is 5.92 Å². The Labute approximate surface area is 56.0 Å². The summed E-state index contributed by atoms with van der Waals surface area (Å²) in [6.07, 6.45) is 4.32. The molecule has 0 N–H and O–H groups in total. The summed E-state index contributed by atoms with van der Waals surface area (Å²) in [5.74, 6) is 3.99. The van der Waals surface area contributed by atoms with Gasteiger partial charge in [-0.05, 0) is 23.8 Å². The molecular formula is C7H14S. The van der Waals surface area contributed by atoms with Gasteiger partial charge in [-0.2, -0.15) is 11.8 Å². The Balaban J connectivity index is 1.86. The molecule has 0 saturated carbocycles. The fraction of sp³-hybridized carbons (Fsp3) is 1.00. The molecule has 1 aliphatic heterocycles. The first kappa shape index (κ1) is 6.47. The first-order valence-corrected chi connectivity index (χ1v) is 4.66. The number of thioether (sulfide) groups is 1. The zero-order valence-electron chi connectivity index (χ0n) is 5.52. The molecule has 1 heterocycles. The minimum atomic E-state index is 1.10. The molecule has 48 valence electrons. The van der Waals surface area contributed by atoms with Gasteiger partial charge < -0.3 is 0 Å². The normalized spacial score (nSPS) is 20.6. The SMILES string of the molecule is CCCCC1CSC1. The maximum absolute atomic E-state index is 2.27. The van der Waals surface area contributed by atoms with Gasteiger partial charge in [0.2, 0.25) is 0 Å². The highest BCUT2D eigenvalue weighted by molar-refractivity contribution is 8.00. The molecular weight excluding hydrogens is 116 g/mol. The zero-order chi connectivity index (χ0) is 5.82. The van der Waals surface area contributed by atoms with E-state index in [-0.39, 0.29) is 0 Å². The van der Waals surface area contributed by atoms with Gasteiger partial charge >= 0.3 is 0 Å². The van der Waals surface area contributed by atoms with E-state index in [1.807, 2.05) is 0 Å². The van der Waals surface area contributed by atoms with Crippen molar-refractivity contribution in [2.75, 3.05) is 11.5 Å². The third kappa shape index (κ3) is 1.70. The molecule has 0 aliphatic carbocycles. The molecule has 0 aromatic heterocycles. The average molecular weight is 130 g/mol. The van der Waals surface area contributed by atoms with Crippen molar-refractivity contribution < 1.29 is 0 Å². The van der Waals surface area contributed by atoms with Crippen molar-refractivity contribution in [3.05, 3.63) is 0 Å². The first-order valence-electron chi connectivity index (χ1n) is 3.51. The van der Waals surface area contributed by atoms with Crippen LogP contribution in [0.3, 0.4) is 0 Å². The molecule has 1 fully saturated rings. The maximum atomic E-state index is 2.27. The Morgan fingerprint density at radius 3 is 2.62 bits per heavy atom. The van der Waals surface area contributed by atoms with Gasteiger partial charge in [0.05, 0.1) is 0 Å². The quantitative estimate of drug-likeness (QED) is 0.565. The molecule has 0 bridgehead atoms. The van der Waals surface area contributed by atoms with E-state index in [0.29, 0.717) is 0 Å². The molecule has 1 saturated heterocycles. The second-order valence-electron chi connectivity index (χ2n) is 2.55.